The molecule has 2 nitrogen and oxygen atoms in total. The van der Waals surface area contributed by atoms with Gasteiger partial charge in [-0.15, -0.1) is 12.4 Å². The van der Waals surface area contributed by atoms with Crippen molar-refractivity contribution in [2.24, 2.45) is 11.8 Å². The number of aliphatic carboxylic acids is 1. The van der Waals surface area contributed by atoms with Gasteiger partial charge < -0.3 is 5.11 Å². The summed E-state index contributed by atoms with van der Waals surface area (Å²) in [5, 5.41) is 8.64. The largest absolute Gasteiger partial charge is 0.481 e. The fraction of sp³-hybridized carbons (Fsp3) is 0.875. The van der Waals surface area contributed by atoms with Crippen molar-refractivity contribution >= 4 is 18.4 Å². The highest BCUT2D eigenvalue weighted by molar-refractivity contribution is 5.85. The van der Waals surface area contributed by atoms with E-state index in [1.54, 1.807) is 0 Å². The fourth-order valence-corrected chi connectivity index (χ4v) is 1.66. The monoisotopic (exact) mass is 178 g/mol. The zero-order chi connectivity index (χ0) is 7.56. The van der Waals surface area contributed by atoms with Crippen LogP contribution in [0.1, 0.15) is 32.6 Å². The van der Waals surface area contributed by atoms with E-state index in [4.69, 9.17) is 5.11 Å². The molecule has 11 heavy (non-hydrogen) atoms. The van der Waals surface area contributed by atoms with Crippen molar-refractivity contribution in [3.63, 3.8) is 0 Å². The number of rotatable bonds is 2. The molecule has 0 aromatic carbocycles. The minimum atomic E-state index is -0.632. The highest BCUT2D eigenvalue weighted by Gasteiger charge is 2.25. The van der Waals surface area contributed by atoms with E-state index in [9.17, 15) is 4.79 Å². The standard InChI is InChI=1S/C8H14O2.ClH/c1-6(8(9)10)7-4-2-3-5-7;/h6-7H,2-5H2,1H3,(H,9,10);1H. The van der Waals surface area contributed by atoms with Crippen LogP contribution in [0.25, 0.3) is 0 Å². The van der Waals surface area contributed by atoms with Crippen molar-refractivity contribution in [2.75, 3.05) is 0 Å². The number of halogens is 1. The van der Waals surface area contributed by atoms with Crippen LogP contribution in [0.4, 0.5) is 0 Å². The van der Waals surface area contributed by atoms with Gasteiger partial charge in [0.1, 0.15) is 0 Å². The summed E-state index contributed by atoms with van der Waals surface area (Å²) in [6.07, 6.45) is 4.69. The van der Waals surface area contributed by atoms with Gasteiger partial charge in [0.05, 0.1) is 5.92 Å². The third-order valence-corrected chi connectivity index (χ3v) is 2.50. The summed E-state index contributed by atoms with van der Waals surface area (Å²) in [4.78, 5) is 10.5. The van der Waals surface area contributed by atoms with Crippen LogP contribution in [0.2, 0.25) is 0 Å². The maximum absolute atomic E-state index is 10.5. The molecule has 1 aliphatic carbocycles. The van der Waals surface area contributed by atoms with Gasteiger partial charge in [-0.05, 0) is 18.8 Å². The molecule has 1 aliphatic rings. The first-order valence-corrected chi connectivity index (χ1v) is 3.94. The Morgan fingerprint density at radius 3 is 2.27 bits per heavy atom. The number of carboxylic acids is 1. The van der Waals surface area contributed by atoms with E-state index in [1.807, 2.05) is 6.92 Å². The second kappa shape index (κ2) is 4.60. The van der Waals surface area contributed by atoms with Crippen LogP contribution >= 0.6 is 12.4 Å². The Hall–Kier alpha value is -0.240. The minimum absolute atomic E-state index is 0. The van der Waals surface area contributed by atoms with Crippen LogP contribution in [0, 0.1) is 11.8 Å². The van der Waals surface area contributed by atoms with Crippen molar-refractivity contribution in [1.82, 2.24) is 0 Å². The molecule has 1 unspecified atom stereocenters. The van der Waals surface area contributed by atoms with E-state index >= 15 is 0 Å². The molecule has 0 heterocycles. The molecule has 0 aromatic rings. The van der Waals surface area contributed by atoms with E-state index < -0.39 is 5.97 Å². The molecule has 1 N–H and O–H groups in total. The Balaban J connectivity index is 0.000001000. The molecule has 0 aliphatic heterocycles. The molecular formula is C8H15ClO2. The molecule has 0 radical (unpaired) electrons. The topological polar surface area (TPSA) is 37.3 Å². The molecule has 0 aromatic heterocycles. The smallest absolute Gasteiger partial charge is 0.306 e. The lowest BCUT2D eigenvalue weighted by atomic mass is 9.93. The maximum atomic E-state index is 10.5. The predicted octanol–water partition coefficient (Wildman–Crippen LogP) is 2.32. The lowest BCUT2D eigenvalue weighted by Crippen LogP contribution is -2.17. The third kappa shape index (κ3) is 2.70. The van der Waals surface area contributed by atoms with E-state index in [-0.39, 0.29) is 18.3 Å². The first-order valence-electron chi connectivity index (χ1n) is 3.94. The summed E-state index contributed by atoms with van der Waals surface area (Å²) in [6, 6.07) is 0. The van der Waals surface area contributed by atoms with Crippen molar-refractivity contribution in [3.8, 4) is 0 Å². The van der Waals surface area contributed by atoms with Crippen LogP contribution in [0.5, 0.6) is 0 Å². The zero-order valence-electron chi connectivity index (χ0n) is 6.75. The first-order chi connectivity index (χ1) is 4.72. The van der Waals surface area contributed by atoms with Gasteiger partial charge in [-0.3, -0.25) is 4.79 Å². The van der Waals surface area contributed by atoms with Gasteiger partial charge in [0.2, 0.25) is 0 Å². The van der Waals surface area contributed by atoms with Crippen LogP contribution in [-0.4, -0.2) is 11.1 Å². The van der Waals surface area contributed by atoms with Crippen molar-refractivity contribution in [2.45, 2.75) is 32.6 Å². The third-order valence-electron chi connectivity index (χ3n) is 2.50. The quantitative estimate of drug-likeness (QED) is 0.705. The van der Waals surface area contributed by atoms with E-state index in [2.05, 4.69) is 0 Å². The maximum Gasteiger partial charge on any atom is 0.306 e. The Kier molecular flexibility index (Phi) is 4.50. The van der Waals surface area contributed by atoms with Gasteiger partial charge in [-0.2, -0.15) is 0 Å². The second-order valence-corrected chi connectivity index (χ2v) is 3.17. The summed E-state index contributed by atoms with van der Waals surface area (Å²) in [6.45, 7) is 1.82. The predicted molar refractivity (Wildman–Crippen MR) is 46.0 cm³/mol. The average Bonchev–Trinajstić information content (AvgIpc) is 2.36. The SMILES string of the molecule is CC(C(=O)O)C1CCCC1.Cl. The Bertz CT molecular complexity index is 130. The highest BCUT2D eigenvalue weighted by atomic mass is 35.5. The van der Waals surface area contributed by atoms with Crippen molar-refractivity contribution in [3.05, 3.63) is 0 Å². The normalized spacial score (nSPS) is 20.8. The van der Waals surface area contributed by atoms with Gasteiger partial charge in [0.25, 0.3) is 0 Å². The molecule has 1 rings (SSSR count). The number of carbonyl (C=O) groups is 1. The van der Waals surface area contributed by atoms with Gasteiger partial charge >= 0.3 is 5.97 Å². The van der Waals surface area contributed by atoms with Gasteiger partial charge in [-0.1, -0.05) is 19.8 Å². The molecule has 1 fully saturated rings. The van der Waals surface area contributed by atoms with Crippen LogP contribution in [-0.2, 0) is 4.79 Å². The highest BCUT2D eigenvalue weighted by Crippen LogP contribution is 2.30. The second-order valence-electron chi connectivity index (χ2n) is 3.17. The molecule has 1 atom stereocenters. The van der Waals surface area contributed by atoms with Crippen LogP contribution < -0.4 is 0 Å². The fourth-order valence-electron chi connectivity index (χ4n) is 1.66. The minimum Gasteiger partial charge on any atom is -0.481 e. The van der Waals surface area contributed by atoms with Crippen molar-refractivity contribution in [1.29, 1.82) is 0 Å². The first kappa shape index (κ1) is 10.8. The van der Waals surface area contributed by atoms with Gasteiger partial charge in [0.15, 0.2) is 0 Å². The van der Waals surface area contributed by atoms with E-state index in [0.717, 1.165) is 12.8 Å². The molecule has 3 heteroatoms. The van der Waals surface area contributed by atoms with Crippen LogP contribution in [0.15, 0.2) is 0 Å². The Morgan fingerprint density at radius 1 is 1.45 bits per heavy atom. The summed E-state index contributed by atoms with van der Waals surface area (Å²) >= 11 is 0. The van der Waals surface area contributed by atoms with E-state index in [1.165, 1.54) is 12.8 Å². The lowest BCUT2D eigenvalue weighted by molar-refractivity contribution is -0.142. The molecule has 0 saturated heterocycles. The van der Waals surface area contributed by atoms with Gasteiger partial charge in [-0.25, -0.2) is 0 Å². The molecule has 66 valence electrons. The summed E-state index contributed by atoms with van der Waals surface area (Å²) < 4.78 is 0. The number of carboxylic acid groups (broad SMARTS) is 1. The Morgan fingerprint density at radius 2 is 1.91 bits per heavy atom. The van der Waals surface area contributed by atoms with Crippen molar-refractivity contribution < 1.29 is 9.90 Å². The number of hydrogen-bond donors (Lipinski definition) is 1. The molecule has 0 bridgehead atoms. The molecule has 0 spiro atoms. The molecular weight excluding hydrogens is 164 g/mol. The summed E-state index contributed by atoms with van der Waals surface area (Å²) in [7, 11) is 0. The zero-order valence-corrected chi connectivity index (χ0v) is 7.56. The summed E-state index contributed by atoms with van der Waals surface area (Å²) in [5.74, 6) is -0.299. The summed E-state index contributed by atoms with van der Waals surface area (Å²) in [5.41, 5.74) is 0. The van der Waals surface area contributed by atoms with Gasteiger partial charge in [0, 0.05) is 0 Å². The van der Waals surface area contributed by atoms with E-state index in [0.29, 0.717) is 5.92 Å². The Labute approximate surface area is 73.4 Å². The molecule has 1 saturated carbocycles. The number of hydrogen-bond acceptors (Lipinski definition) is 1. The average molecular weight is 179 g/mol. The molecule has 0 amide bonds. The lowest BCUT2D eigenvalue weighted by Gasteiger charge is -2.12. The van der Waals surface area contributed by atoms with Crippen LogP contribution in [0.3, 0.4) is 0 Å².